The van der Waals surface area contributed by atoms with Crippen LogP contribution < -0.4 is 10.6 Å². The first kappa shape index (κ1) is 13.0. The molecule has 90 valence electrons. The van der Waals surface area contributed by atoms with E-state index in [9.17, 15) is 4.79 Å². The second-order valence-electron chi connectivity index (χ2n) is 4.11. The zero-order chi connectivity index (χ0) is 10.8. The third-order valence-electron chi connectivity index (χ3n) is 2.71. The number of nitrogens with zero attached hydrogens (tertiary/aromatic N) is 1. The Balaban J connectivity index is 0.00000128. The Hall–Kier alpha value is -1.07. The van der Waals surface area contributed by atoms with E-state index in [2.05, 4.69) is 27.8 Å². The number of aromatic amines is 1. The monoisotopic (exact) mass is 244 g/mol. The maximum absolute atomic E-state index is 11.2. The van der Waals surface area contributed by atoms with Crippen molar-refractivity contribution in [1.29, 1.82) is 0 Å². The number of hydrogen-bond donors (Lipinski definition) is 3. The van der Waals surface area contributed by atoms with Crippen LogP contribution in [0, 0.1) is 5.92 Å². The molecule has 0 bridgehead atoms. The van der Waals surface area contributed by atoms with Crippen LogP contribution in [-0.4, -0.2) is 29.7 Å². The number of anilines is 1. The standard InChI is InChI=1S/C10H16N4O.ClH/c1-6-3-7(6)8-4-9(14-13-8)12-10(15)5-11-2;/h4,6-7,11H,3,5H2,1-2H3,(H2,12,13,14,15);1H. The Labute approximate surface area is 101 Å². The highest BCUT2D eigenvalue weighted by atomic mass is 35.5. The van der Waals surface area contributed by atoms with E-state index < -0.39 is 0 Å². The van der Waals surface area contributed by atoms with Crippen LogP contribution in [0.1, 0.15) is 25.0 Å². The van der Waals surface area contributed by atoms with Gasteiger partial charge < -0.3 is 10.6 Å². The highest BCUT2D eigenvalue weighted by Gasteiger charge is 2.35. The summed E-state index contributed by atoms with van der Waals surface area (Å²) in [6.45, 7) is 2.52. The molecule has 2 unspecified atom stereocenters. The number of hydrogen-bond acceptors (Lipinski definition) is 3. The SMILES string of the molecule is CNCC(=O)Nc1cc(C2CC2C)[nH]n1.Cl. The summed E-state index contributed by atoms with van der Waals surface area (Å²) in [5.74, 6) is 1.89. The molecule has 3 N–H and O–H groups in total. The van der Waals surface area contributed by atoms with E-state index in [1.165, 1.54) is 6.42 Å². The van der Waals surface area contributed by atoms with Gasteiger partial charge in [-0.15, -0.1) is 12.4 Å². The lowest BCUT2D eigenvalue weighted by Gasteiger charge is -1.98. The minimum absolute atomic E-state index is 0. The van der Waals surface area contributed by atoms with Gasteiger partial charge in [-0.25, -0.2) is 0 Å². The lowest BCUT2D eigenvalue weighted by atomic mass is 10.2. The molecule has 1 saturated carbocycles. The number of aromatic nitrogens is 2. The maximum atomic E-state index is 11.2. The van der Waals surface area contributed by atoms with E-state index in [1.54, 1.807) is 7.05 Å². The highest BCUT2D eigenvalue weighted by Crippen LogP contribution is 2.46. The summed E-state index contributed by atoms with van der Waals surface area (Å²) in [6, 6.07) is 1.92. The van der Waals surface area contributed by atoms with Gasteiger partial charge in [0.1, 0.15) is 0 Å². The molecule has 2 rings (SSSR count). The Morgan fingerprint density at radius 1 is 1.69 bits per heavy atom. The number of carbonyl (C=O) groups is 1. The molecule has 16 heavy (non-hydrogen) atoms. The Kier molecular flexibility index (Phi) is 4.32. The average Bonchev–Trinajstić information content (AvgIpc) is 2.74. The van der Waals surface area contributed by atoms with Gasteiger partial charge in [-0.3, -0.25) is 9.89 Å². The van der Waals surface area contributed by atoms with E-state index in [-0.39, 0.29) is 18.3 Å². The third kappa shape index (κ3) is 2.96. The number of likely N-dealkylation sites (N-methyl/N-ethyl adjacent to an activating group) is 1. The van der Waals surface area contributed by atoms with Crippen molar-refractivity contribution < 1.29 is 4.79 Å². The molecule has 1 aliphatic carbocycles. The van der Waals surface area contributed by atoms with Gasteiger partial charge in [0.05, 0.1) is 6.54 Å². The van der Waals surface area contributed by atoms with E-state index >= 15 is 0 Å². The van der Waals surface area contributed by atoms with Crippen molar-refractivity contribution >= 4 is 24.1 Å². The second-order valence-corrected chi connectivity index (χ2v) is 4.11. The Bertz CT molecular complexity index is 365. The largest absolute Gasteiger partial charge is 0.311 e. The van der Waals surface area contributed by atoms with Crippen LogP contribution >= 0.6 is 12.4 Å². The number of amides is 1. The van der Waals surface area contributed by atoms with Gasteiger partial charge in [0.25, 0.3) is 0 Å². The van der Waals surface area contributed by atoms with E-state index in [4.69, 9.17) is 0 Å². The van der Waals surface area contributed by atoms with Crippen molar-refractivity contribution in [3.63, 3.8) is 0 Å². The van der Waals surface area contributed by atoms with Gasteiger partial charge in [0.15, 0.2) is 5.82 Å². The van der Waals surface area contributed by atoms with Crippen LogP contribution in [0.15, 0.2) is 6.07 Å². The van der Waals surface area contributed by atoms with Crippen LogP contribution in [0.5, 0.6) is 0 Å². The van der Waals surface area contributed by atoms with Gasteiger partial charge in [-0.1, -0.05) is 6.92 Å². The average molecular weight is 245 g/mol. The lowest BCUT2D eigenvalue weighted by molar-refractivity contribution is -0.115. The first-order valence-electron chi connectivity index (χ1n) is 5.20. The normalized spacial score (nSPS) is 22.4. The van der Waals surface area contributed by atoms with Crippen molar-refractivity contribution in [2.24, 2.45) is 5.92 Å². The number of halogens is 1. The summed E-state index contributed by atoms with van der Waals surface area (Å²) in [6.07, 6.45) is 1.21. The molecule has 1 amide bonds. The molecule has 1 aromatic heterocycles. The topological polar surface area (TPSA) is 69.8 Å². The molecule has 1 fully saturated rings. The van der Waals surface area contributed by atoms with Crippen LogP contribution in [0.4, 0.5) is 5.82 Å². The van der Waals surface area contributed by atoms with Crippen molar-refractivity contribution in [3.8, 4) is 0 Å². The van der Waals surface area contributed by atoms with E-state index in [0.29, 0.717) is 18.3 Å². The summed E-state index contributed by atoms with van der Waals surface area (Å²) in [5, 5.41) is 12.5. The van der Waals surface area contributed by atoms with Crippen molar-refractivity contribution in [3.05, 3.63) is 11.8 Å². The van der Waals surface area contributed by atoms with Crippen molar-refractivity contribution in [1.82, 2.24) is 15.5 Å². The Morgan fingerprint density at radius 3 is 2.94 bits per heavy atom. The molecule has 0 aliphatic heterocycles. The van der Waals surface area contributed by atoms with E-state index in [1.807, 2.05) is 6.07 Å². The molecule has 2 atom stereocenters. The third-order valence-corrected chi connectivity index (χ3v) is 2.71. The number of nitrogens with one attached hydrogen (secondary N) is 3. The molecule has 1 aromatic rings. The Morgan fingerprint density at radius 2 is 2.38 bits per heavy atom. The molecule has 0 radical (unpaired) electrons. The molecule has 0 saturated heterocycles. The van der Waals surface area contributed by atoms with Crippen molar-refractivity contribution in [2.45, 2.75) is 19.3 Å². The maximum Gasteiger partial charge on any atom is 0.239 e. The fourth-order valence-corrected chi connectivity index (χ4v) is 1.69. The van der Waals surface area contributed by atoms with Crippen LogP contribution in [0.25, 0.3) is 0 Å². The second kappa shape index (κ2) is 5.32. The minimum atomic E-state index is -0.0700. The fourth-order valence-electron chi connectivity index (χ4n) is 1.69. The summed E-state index contributed by atoms with van der Waals surface area (Å²) < 4.78 is 0. The predicted octanol–water partition coefficient (Wildman–Crippen LogP) is 1.11. The van der Waals surface area contributed by atoms with Crippen LogP contribution in [0.3, 0.4) is 0 Å². The summed E-state index contributed by atoms with van der Waals surface area (Å²) in [7, 11) is 1.74. The zero-order valence-electron chi connectivity index (χ0n) is 9.41. The highest BCUT2D eigenvalue weighted by molar-refractivity contribution is 5.91. The smallest absolute Gasteiger partial charge is 0.239 e. The lowest BCUT2D eigenvalue weighted by Crippen LogP contribution is -2.25. The van der Waals surface area contributed by atoms with Gasteiger partial charge in [0, 0.05) is 17.7 Å². The molecule has 0 spiro atoms. The molecule has 0 aromatic carbocycles. The molecular formula is C10H17ClN4O. The van der Waals surface area contributed by atoms with Gasteiger partial charge in [0.2, 0.25) is 5.91 Å². The van der Waals surface area contributed by atoms with Gasteiger partial charge in [-0.2, -0.15) is 5.10 Å². The quantitative estimate of drug-likeness (QED) is 0.743. The predicted molar refractivity (Wildman–Crippen MR) is 64.9 cm³/mol. The van der Waals surface area contributed by atoms with Gasteiger partial charge in [-0.05, 0) is 19.4 Å². The molecule has 1 aliphatic rings. The molecule has 1 heterocycles. The number of rotatable bonds is 4. The van der Waals surface area contributed by atoms with Crippen molar-refractivity contribution in [2.75, 3.05) is 18.9 Å². The number of H-pyrrole nitrogens is 1. The summed E-state index contributed by atoms with van der Waals surface area (Å²) >= 11 is 0. The minimum Gasteiger partial charge on any atom is -0.311 e. The van der Waals surface area contributed by atoms with Crippen LogP contribution in [-0.2, 0) is 4.79 Å². The molecular weight excluding hydrogens is 228 g/mol. The molecule has 5 nitrogen and oxygen atoms in total. The van der Waals surface area contributed by atoms with Crippen LogP contribution in [0.2, 0.25) is 0 Å². The summed E-state index contributed by atoms with van der Waals surface area (Å²) in [5.41, 5.74) is 1.13. The zero-order valence-corrected chi connectivity index (χ0v) is 10.2. The van der Waals surface area contributed by atoms with E-state index in [0.717, 1.165) is 11.6 Å². The first-order chi connectivity index (χ1) is 7.20. The summed E-state index contributed by atoms with van der Waals surface area (Å²) in [4.78, 5) is 11.2. The number of carbonyl (C=O) groups excluding carboxylic acids is 1. The first-order valence-corrected chi connectivity index (χ1v) is 5.20. The molecule has 6 heteroatoms. The van der Waals surface area contributed by atoms with Gasteiger partial charge >= 0.3 is 0 Å². The fraction of sp³-hybridized carbons (Fsp3) is 0.600.